The van der Waals surface area contributed by atoms with Crippen molar-refractivity contribution in [3.05, 3.63) is 101 Å². The van der Waals surface area contributed by atoms with E-state index in [0.717, 1.165) is 0 Å². The molecule has 0 amide bonds. The summed E-state index contributed by atoms with van der Waals surface area (Å²) in [6.07, 6.45) is 0. The number of nitrogens with zero attached hydrogens (tertiary/aromatic N) is 2. The molecule has 36 heavy (non-hydrogen) atoms. The van der Waals surface area contributed by atoms with Crippen molar-refractivity contribution in [2.75, 3.05) is 19.1 Å². The Hall–Kier alpha value is -4.81. The number of methoxy groups -OCH3 is 2. The monoisotopic (exact) mass is 485 g/mol. The van der Waals surface area contributed by atoms with Crippen molar-refractivity contribution < 1.29 is 28.6 Å². The van der Waals surface area contributed by atoms with Crippen LogP contribution < -0.4 is 10.6 Å². The minimum Gasteiger partial charge on any atom is -0.466 e. The van der Waals surface area contributed by atoms with E-state index in [1.165, 1.54) is 19.1 Å². The standard InChI is InChI=1S/C27H23N3O6/c1-34-26(32)23-22(16-7-4-3-5-8-16)20(14-28)25(29)30(24(23)27(33)35-2)18-10-6-9-17(13-18)21-12-11-19(15-31)36-21/h3-13,22,31H,15,29H2,1-2H3. The molecule has 3 aromatic rings. The van der Waals surface area contributed by atoms with E-state index in [4.69, 9.17) is 19.6 Å². The van der Waals surface area contributed by atoms with Gasteiger partial charge in [0.05, 0.1) is 37.4 Å². The average Bonchev–Trinajstić information content (AvgIpc) is 3.41. The summed E-state index contributed by atoms with van der Waals surface area (Å²) < 4.78 is 15.7. The number of ether oxygens (including phenoxy) is 2. The van der Waals surface area contributed by atoms with E-state index in [9.17, 15) is 20.0 Å². The van der Waals surface area contributed by atoms with Crippen LogP contribution >= 0.6 is 0 Å². The molecule has 182 valence electrons. The molecular formula is C27H23N3O6. The maximum Gasteiger partial charge on any atom is 0.355 e. The lowest BCUT2D eigenvalue weighted by Gasteiger charge is -2.36. The molecular weight excluding hydrogens is 462 g/mol. The van der Waals surface area contributed by atoms with E-state index in [0.29, 0.717) is 28.3 Å². The summed E-state index contributed by atoms with van der Waals surface area (Å²) in [5.41, 5.74) is 7.94. The number of esters is 2. The van der Waals surface area contributed by atoms with Gasteiger partial charge in [0.1, 0.15) is 29.6 Å². The number of hydrogen-bond acceptors (Lipinski definition) is 9. The van der Waals surface area contributed by atoms with E-state index < -0.39 is 17.9 Å². The van der Waals surface area contributed by atoms with Crippen molar-refractivity contribution >= 4 is 17.6 Å². The summed E-state index contributed by atoms with van der Waals surface area (Å²) >= 11 is 0. The fraction of sp³-hybridized carbons (Fsp3) is 0.148. The zero-order valence-electron chi connectivity index (χ0n) is 19.6. The predicted molar refractivity (Wildman–Crippen MR) is 130 cm³/mol. The molecule has 0 radical (unpaired) electrons. The SMILES string of the molecule is COC(=O)C1=C(C(=O)OC)N(c2cccc(-c3ccc(CO)o3)c2)C(N)=C(C#N)C1c1ccccc1. The fourth-order valence-corrected chi connectivity index (χ4v) is 4.20. The number of furan rings is 1. The molecule has 0 saturated heterocycles. The smallest absolute Gasteiger partial charge is 0.355 e. The van der Waals surface area contributed by atoms with Crippen molar-refractivity contribution in [2.45, 2.75) is 12.5 Å². The summed E-state index contributed by atoms with van der Waals surface area (Å²) in [4.78, 5) is 27.6. The molecule has 1 aliphatic rings. The molecule has 0 bridgehead atoms. The molecule has 3 N–H and O–H groups in total. The Labute approximate surface area is 207 Å². The van der Waals surface area contributed by atoms with Crippen LogP contribution in [0.25, 0.3) is 11.3 Å². The van der Waals surface area contributed by atoms with Gasteiger partial charge < -0.3 is 24.7 Å². The molecule has 0 spiro atoms. The molecule has 1 aliphatic heterocycles. The molecule has 0 aliphatic carbocycles. The van der Waals surface area contributed by atoms with Crippen molar-refractivity contribution in [3.8, 4) is 17.4 Å². The average molecular weight is 485 g/mol. The van der Waals surface area contributed by atoms with Crippen LogP contribution in [-0.2, 0) is 25.7 Å². The van der Waals surface area contributed by atoms with Crippen molar-refractivity contribution in [1.82, 2.24) is 0 Å². The van der Waals surface area contributed by atoms with Gasteiger partial charge in [-0.25, -0.2) is 9.59 Å². The number of benzene rings is 2. The third-order valence-corrected chi connectivity index (χ3v) is 5.82. The van der Waals surface area contributed by atoms with Crippen LogP contribution in [0, 0.1) is 11.3 Å². The third-order valence-electron chi connectivity index (χ3n) is 5.82. The maximum absolute atomic E-state index is 13.2. The van der Waals surface area contributed by atoms with Gasteiger partial charge in [-0.1, -0.05) is 42.5 Å². The summed E-state index contributed by atoms with van der Waals surface area (Å²) in [6.45, 7) is -0.258. The molecule has 2 heterocycles. The predicted octanol–water partition coefficient (Wildman–Crippen LogP) is 3.34. The number of hydrogen-bond donors (Lipinski definition) is 2. The van der Waals surface area contributed by atoms with Crippen molar-refractivity contribution in [2.24, 2.45) is 5.73 Å². The highest BCUT2D eigenvalue weighted by atomic mass is 16.5. The van der Waals surface area contributed by atoms with Gasteiger partial charge in [-0.2, -0.15) is 5.26 Å². The van der Waals surface area contributed by atoms with E-state index in [1.807, 2.05) is 0 Å². The normalized spacial score (nSPS) is 15.5. The van der Waals surface area contributed by atoms with Gasteiger partial charge in [-0.15, -0.1) is 0 Å². The lowest BCUT2D eigenvalue weighted by molar-refractivity contribution is -0.139. The van der Waals surface area contributed by atoms with Gasteiger partial charge in [0.2, 0.25) is 0 Å². The van der Waals surface area contributed by atoms with E-state index >= 15 is 0 Å². The summed E-state index contributed by atoms with van der Waals surface area (Å²) in [7, 11) is 2.38. The van der Waals surface area contributed by atoms with Crippen LogP contribution in [0.5, 0.6) is 0 Å². The Morgan fingerprint density at radius 3 is 2.39 bits per heavy atom. The molecule has 1 atom stereocenters. The number of rotatable bonds is 6. The Morgan fingerprint density at radius 2 is 1.78 bits per heavy atom. The number of allylic oxidation sites excluding steroid dienone is 1. The Balaban J connectivity index is 1.99. The van der Waals surface area contributed by atoms with Gasteiger partial charge >= 0.3 is 11.9 Å². The molecule has 0 saturated carbocycles. The number of anilines is 1. The highest BCUT2D eigenvalue weighted by Gasteiger charge is 2.43. The first-order chi connectivity index (χ1) is 17.4. The van der Waals surface area contributed by atoms with Crippen molar-refractivity contribution in [3.63, 3.8) is 0 Å². The number of aliphatic hydroxyl groups is 1. The molecule has 4 rings (SSSR count). The molecule has 1 aromatic heterocycles. The van der Waals surface area contributed by atoms with Gasteiger partial charge in [0.25, 0.3) is 0 Å². The Bertz CT molecular complexity index is 1410. The minimum absolute atomic E-state index is 0.0351. The van der Waals surface area contributed by atoms with Crippen LogP contribution in [0.1, 0.15) is 17.2 Å². The van der Waals surface area contributed by atoms with Gasteiger partial charge in [0.15, 0.2) is 0 Å². The van der Waals surface area contributed by atoms with Gasteiger partial charge in [0, 0.05) is 11.3 Å². The number of nitriles is 1. The minimum atomic E-state index is -0.950. The first-order valence-corrected chi connectivity index (χ1v) is 10.9. The largest absolute Gasteiger partial charge is 0.466 e. The first-order valence-electron chi connectivity index (χ1n) is 10.9. The maximum atomic E-state index is 13.2. The van der Waals surface area contributed by atoms with Crippen molar-refractivity contribution in [1.29, 1.82) is 5.26 Å². The quantitative estimate of drug-likeness (QED) is 0.503. The van der Waals surface area contributed by atoms with E-state index in [2.05, 4.69) is 6.07 Å². The molecule has 2 aromatic carbocycles. The number of aliphatic hydroxyl groups excluding tert-OH is 1. The second-order valence-electron chi connectivity index (χ2n) is 7.81. The zero-order chi connectivity index (χ0) is 25.8. The number of carbonyl (C=O) groups excluding carboxylic acids is 2. The highest BCUT2D eigenvalue weighted by Crippen LogP contribution is 2.43. The van der Waals surface area contributed by atoms with Crippen LogP contribution in [0.4, 0.5) is 5.69 Å². The summed E-state index contributed by atoms with van der Waals surface area (Å²) in [5, 5.41) is 19.5. The fourth-order valence-electron chi connectivity index (χ4n) is 4.20. The second kappa shape index (κ2) is 10.2. The third kappa shape index (κ3) is 4.21. The van der Waals surface area contributed by atoms with Gasteiger partial charge in [-0.3, -0.25) is 4.90 Å². The van der Waals surface area contributed by atoms with E-state index in [1.54, 1.807) is 66.7 Å². The highest BCUT2D eigenvalue weighted by molar-refractivity contribution is 6.06. The summed E-state index contributed by atoms with van der Waals surface area (Å²) in [6, 6.07) is 21.1. The second-order valence-corrected chi connectivity index (χ2v) is 7.81. The van der Waals surface area contributed by atoms with Crippen LogP contribution in [0.3, 0.4) is 0 Å². The molecule has 9 heteroatoms. The van der Waals surface area contributed by atoms with Gasteiger partial charge in [-0.05, 0) is 29.8 Å². The Kier molecular flexibility index (Phi) is 6.90. The lowest BCUT2D eigenvalue weighted by atomic mass is 9.81. The topological polar surface area (TPSA) is 139 Å². The Morgan fingerprint density at radius 1 is 1.06 bits per heavy atom. The number of nitrogens with two attached hydrogens (primary N) is 1. The molecule has 1 unspecified atom stereocenters. The van der Waals surface area contributed by atoms with Crippen LogP contribution in [0.2, 0.25) is 0 Å². The van der Waals surface area contributed by atoms with E-state index in [-0.39, 0.29) is 29.3 Å². The first kappa shape index (κ1) is 24.3. The van der Waals surface area contributed by atoms with Crippen LogP contribution in [0.15, 0.2) is 93.8 Å². The van der Waals surface area contributed by atoms with Crippen LogP contribution in [-0.4, -0.2) is 31.3 Å². The molecule has 9 nitrogen and oxygen atoms in total. The summed E-state index contributed by atoms with van der Waals surface area (Å²) in [5.74, 6) is -1.76. The number of carbonyl (C=O) groups is 2. The lowest BCUT2D eigenvalue weighted by Crippen LogP contribution is -2.40. The molecule has 0 fully saturated rings. The zero-order valence-corrected chi connectivity index (χ0v) is 19.6.